The molecule has 0 aromatic heterocycles. The van der Waals surface area contributed by atoms with E-state index in [4.69, 9.17) is 28.4 Å². The van der Waals surface area contributed by atoms with Crippen molar-refractivity contribution in [1.82, 2.24) is 0 Å². The average Bonchev–Trinajstić information content (AvgIpc) is 1.76. The molecule has 0 aliphatic heterocycles. The van der Waals surface area contributed by atoms with Crippen LogP contribution in [0.1, 0.15) is 461 Å². The van der Waals surface area contributed by atoms with Crippen LogP contribution in [0.5, 0.6) is 0 Å². The Morgan fingerprint density at radius 1 is 0.356 bits per heavy atom. The van der Waals surface area contributed by atoms with Gasteiger partial charge in [-0.3, -0.25) is 14.4 Å². The molecular formula is C119H198O16. The molecule has 1 aromatic rings. The first-order chi connectivity index (χ1) is 65.4. The number of allylic oxidation sites excluding steroid dienone is 12. The van der Waals surface area contributed by atoms with Gasteiger partial charge < -0.3 is 48.8 Å². The van der Waals surface area contributed by atoms with Gasteiger partial charge in [-0.25, -0.2) is 14.4 Å². The highest BCUT2D eigenvalue weighted by molar-refractivity contribution is 5.89. The number of rotatable bonds is 78. The van der Waals surface area contributed by atoms with Crippen LogP contribution in [0.4, 0.5) is 0 Å². The molecule has 16 nitrogen and oxygen atoms in total. The molecule has 1 aromatic carbocycles. The van der Waals surface area contributed by atoms with Crippen molar-refractivity contribution in [2.75, 3.05) is 0 Å². The summed E-state index contributed by atoms with van der Waals surface area (Å²) in [5.74, 6) is -1.34. The first kappa shape index (κ1) is 124. The van der Waals surface area contributed by atoms with Crippen molar-refractivity contribution in [1.29, 1.82) is 0 Å². The number of hydrogen-bond acceptors (Lipinski definition) is 16. The summed E-state index contributed by atoms with van der Waals surface area (Å²) < 4.78 is 34.2. The lowest BCUT2D eigenvalue weighted by Gasteiger charge is -2.26. The maximum Gasteiger partial charge on any atom is 0.333 e. The fraction of sp³-hybridized carbons (Fsp3) is 0.731. The van der Waals surface area contributed by atoms with Crippen molar-refractivity contribution in [3.63, 3.8) is 0 Å². The summed E-state index contributed by atoms with van der Waals surface area (Å²) in [4.78, 5) is 75.6. The molecule has 0 amide bonds. The first-order valence-corrected chi connectivity index (χ1v) is 54.9. The van der Waals surface area contributed by atoms with Crippen LogP contribution in [0.2, 0.25) is 0 Å². The number of carbonyl (C=O) groups is 6. The molecule has 13 atom stereocenters. The Morgan fingerprint density at radius 2 is 0.719 bits per heavy atom. The second-order valence-corrected chi connectivity index (χ2v) is 39.7. The molecule has 0 bridgehead atoms. The van der Waals surface area contributed by atoms with Crippen LogP contribution in [0.15, 0.2) is 152 Å². The summed E-state index contributed by atoms with van der Waals surface area (Å²) >= 11 is 0. The summed E-state index contributed by atoms with van der Waals surface area (Å²) in [6.07, 6.45) is 83.4. The zero-order valence-electron chi connectivity index (χ0n) is 87.4. The van der Waals surface area contributed by atoms with E-state index in [-0.39, 0.29) is 108 Å². The minimum Gasteiger partial charge on any atom is -0.463 e. The van der Waals surface area contributed by atoms with Gasteiger partial charge in [0.25, 0.3) is 0 Å². The van der Waals surface area contributed by atoms with E-state index in [1.54, 1.807) is 0 Å². The van der Waals surface area contributed by atoms with E-state index in [0.29, 0.717) is 69.8 Å². The molecule has 0 saturated heterocycles. The molecule has 16 heteroatoms. The van der Waals surface area contributed by atoms with Crippen LogP contribution in [0, 0.1) is 35.5 Å². The quantitative estimate of drug-likeness (QED) is 0.0156. The average molecular weight is 1880 g/mol. The highest BCUT2D eigenvalue weighted by Gasteiger charge is 2.46. The van der Waals surface area contributed by atoms with Crippen LogP contribution >= 0.6 is 0 Å². The fourth-order valence-electron chi connectivity index (χ4n) is 18.6. The van der Waals surface area contributed by atoms with Gasteiger partial charge in [-0.2, -0.15) is 0 Å². The molecule has 4 N–H and O–H groups in total. The smallest absolute Gasteiger partial charge is 0.333 e. The number of ether oxygens (including phenoxy) is 6. The number of aliphatic hydroxyl groups excluding tert-OH is 4. The molecule has 0 unspecified atom stereocenters. The number of aryl methyl sites for hydroxylation is 1. The predicted octanol–water partition coefficient (Wildman–Crippen LogP) is 30.7. The highest BCUT2D eigenvalue weighted by atomic mass is 16.6. The lowest BCUT2D eigenvalue weighted by Crippen LogP contribution is -2.27. The van der Waals surface area contributed by atoms with E-state index in [0.717, 1.165) is 217 Å². The van der Waals surface area contributed by atoms with Crippen LogP contribution in [-0.4, -0.2) is 117 Å². The Bertz CT molecular complexity index is 3430. The first-order valence-electron chi connectivity index (χ1n) is 54.9. The highest BCUT2D eigenvalue weighted by Crippen LogP contribution is 2.43. The fourth-order valence-corrected chi connectivity index (χ4v) is 18.6. The van der Waals surface area contributed by atoms with E-state index in [1.165, 1.54) is 121 Å². The summed E-state index contributed by atoms with van der Waals surface area (Å²) in [5.41, 5.74) is 3.44. The summed E-state index contributed by atoms with van der Waals surface area (Å²) in [6.45, 7) is 33.9. The zero-order valence-corrected chi connectivity index (χ0v) is 87.4. The Hall–Kier alpha value is -6.72. The Kier molecular flexibility index (Phi) is 76.5. The molecule has 3 fully saturated rings. The van der Waals surface area contributed by atoms with E-state index in [1.807, 2.05) is 59.8 Å². The van der Waals surface area contributed by atoms with Gasteiger partial charge in [0.05, 0.1) is 42.7 Å². The topological polar surface area (TPSA) is 239 Å². The third kappa shape index (κ3) is 62.9. The Balaban J connectivity index is 0.000000691. The number of unbranched alkanes of at least 4 members (excludes halogenated alkanes) is 33. The molecule has 135 heavy (non-hydrogen) atoms. The summed E-state index contributed by atoms with van der Waals surface area (Å²) in [6, 6.07) is 10.5. The minimum absolute atomic E-state index is 0.00162. The van der Waals surface area contributed by atoms with Gasteiger partial charge in [-0.05, 0) is 264 Å². The van der Waals surface area contributed by atoms with Gasteiger partial charge >= 0.3 is 35.8 Å². The predicted molar refractivity (Wildman–Crippen MR) is 561 cm³/mol. The molecule has 4 rings (SSSR count). The van der Waals surface area contributed by atoms with Crippen molar-refractivity contribution in [3.05, 3.63) is 157 Å². The molecule has 0 heterocycles. The van der Waals surface area contributed by atoms with Crippen molar-refractivity contribution in [2.24, 2.45) is 35.5 Å². The SMILES string of the molecule is C=C(CCCCCCCC)C(=O)O[C@H]1C[C@@H](O)[C@H](/C=C/CCCCCC)[C@H]1C/C=C\CCCC(=O)OC(C)C.C=CCCCC/C=C(/CCCCCCCC)C(=O)O[C@@H]1C[C@H](O)[C@H](C/C=C\CCCC(=O)OC(C)C)[C@H]1/C=C/CCCCCC.C=CCCCC/C=C(/CCCCCCCC)C(=O)O[C@@H]1C[C@H](O)[C@H](C/C=C\CCCC(=O)OC(C)C)[C@H]1CC[C@@H](O)CCCCc1ccccc1. The van der Waals surface area contributed by atoms with E-state index in [9.17, 15) is 49.2 Å². The van der Waals surface area contributed by atoms with Gasteiger partial charge in [-0.1, -0.05) is 298 Å². The molecule has 3 aliphatic rings. The molecule has 3 aliphatic carbocycles. The van der Waals surface area contributed by atoms with Gasteiger partial charge in [0, 0.05) is 78.9 Å². The normalized spacial score (nSPS) is 20.5. The Morgan fingerprint density at radius 3 is 1.18 bits per heavy atom. The second kappa shape index (κ2) is 83.1. The van der Waals surface area contributed by atoms with Crippen LogP contribution in [-0.2, 0) is 63.6 Å². The number of benzene rings is 1. The van der Waals surface area contributed by atoms with Gasteiger partial charge in [0.15, 0.2) is 0 Å². The van der Waals surface area contributed by atoms with Gasteiger partial charge in [-0.15, -0.1) is 13.2 Å². The maximum absolute atomic E-state index is 13.7. The number of carbonyl (C=O) groups excluding carboxylic acids is 6. The number of hydrogen-bond donors (Lipinski definition) is 4. The van der Waals surface area contributed by atoms with Crippen molar-refractivity contribution >= 4 is 35.8 Å². The summed E-state index contributed by atoms with van der Waals surface area (Å²) in [7, 11) is 0. The zero-order chi connectivity index (χ0) is 99.1. The van der Waals surface area contributed by atoms with Crippen molar-refractivity contribution in [2.45, 2.75) is 522 Å². The van der Waals surface area contributed by atoms with Gasteiger partial charge in [0.1, 0.15) is 18.3 Å². The molecule has 0 spiro atoms. The van der Waals surface area contributed by atoms with Crippen LogP contribution < -0.4 is 0 Å². The maximum atomic E-state index is 13.7. The van der Waals surface area contributed by atoms with Crippen LogP contribution in [0.25, 0.3) is 0 Å². The Labute approximate surface area is 824 Å². The number of aliphatic hydroxyl groups is 4. The van der Waals surface area contributed by atoms with Crippen LogP contribution in [0.3, 0.4) is 0 Å². The minimum atomic E-state index is -0.577. The monoisotopic (exact) mass is 1880 g/mol. The third-order valence-corrected chi connectivity index (χ3v) is 26.5. The molecule has 0 radical (unpaired) electrons. The van der Waals surface area contributed by atoms with Crippen molar-refractivity contribution in [3.8, 4) is 0 Å². The van der Waals surface area contributed by atoms with E-state index in [2.05, 4.69) is 152 Å². The van der Waals surface area contributed by atoms with E-state index >= 15 is 0 Å². The molecular weight excluding hydrogens is 1690 g/mol. The molecule has 3 saturated carbocycles. The second-order valence-electron chi connectivity index (χ2n) is 39.7. The number of esters is 6. The van der Waals surface area contributed by atoms with Crippen molar-refractivity contribution < 1.29 is 77.6 Å². The summed E-state index contributed by atoms with van der Waals surface area (Å²) in [5, 5.41) is 44.3. The molecule has 770 valence electrons. The lowest BCUT2D eigenvalue weighted by atomic mass is 9.85. The lowest BCUT2D eigenvalue weighted by molar-refractivity contribution is -0.148. The third-order valence-electron chi connectivity index (χ3n) is 26.5. The largest absolute Gasteiger partial charge is 0.463 e. The standard InChI is InChI=1S/C45H72O6.C40H68O5.C34H58O5/c1-5-7-9-11-13-20-29-38(28-19-12-10-8-6-2)45(49)51-43-35-42(47)40(31-21-14-15-22-32-44(48)50-36(3)4)41(43)34-33-39(46)30-24-23-27-37-25-17-16-18-26-37;1-6-9-12-15-18-23-28-34(27-22-17-14-11-8-3)40(43)45-38-32-37(41)35(36(38)30-25-19-16-13-10-7-2)29-24-20-21-26-31-39(42)44-33(4)5;1-6-8-10-12-14-18-22-28(5)34(37)39-32-26-31(35)29(23-19-15-13-11-9-7-2)30(32)24-20-16-17-21-25-33(36)38-27(3)4/h6,14,16-18,21,25-26,28,36,39-43,46-47H,2,5,7-13,15,19-20,22-24,27,29-35H2,1,3-4H3;8,20,24-25,27,30,33,35-38,41H,3,6-7,9-19,21-23,26,28-29,31-32H2,1-2,4-5H3;16,19-20,23,27,29-32,35H,5-15,17-18,21-22,24-26H2,1-4H3/b21-14-,38-28-;24-20-,30-25+,34-27-;20-16-,23-19+/t39-,40+,41+,42-,43+;35-,36-,37+,38-;29-,30-,31-,32+/m011/s1. The van der Waals surface area contributed by atoms with Gasteiger partial charge in [0.2, 0.25) is 0 Å². The van der Waals surface area contributed by atoms with E-state index < -0.39 is 24.4 Å².